The van der Waals surface area contributed by atoms with Gasteiger partial charge in [-0.05, 0) is 23.4 Å². The molecule has 0 atom stereocenters. The summed E-state index contributed by atoms with van der Waals surface area (Å²) in [7, 11) is 0. The molecule has 0 fully saturated rings. The van der Waals surface area contributed by atoms with Crippen LogP contribution in [0.5, 0.6) is 0 Å². The lowest BCUT2D eigenvalue weighted by molar-refractivity contribution is 0.717. The summed E-state index contributed by atoms with van der Waals surface area (Å²) in [5, 5.41) is 13.4. The van der Waals surface area contributed by atoms with Gasteiger partial charge >= 0.3 is 0 Å². The Labute approximate surface area is 98.2 Å². The number of nitrogens with zero attached hydrogens (tertiary/aromatic N) is 4. The number of hydrogen-bond acceptors (Lipinski definition) is 3. The molecule has 0 amide bonds. The van der Waals surface area contributed by atoms with Gasteiger partial charge in [0.1, 0.15) is 0 Å². The van der Waals surface area contributed by atoms with E-state index in [1.54, 1.807) is 6.20 Å². The van der Waals surface area contributed by atoms with Gasteiger partial charge < -0.3 is 0 Å². The van der Waals surface area contributed by atoms with Crippen molar-refractivity contribution in [2.75, 3.05) is 0 Å². The highest BCUT2D eigenvalue weighted by Crippen LogP contribution is 2.15. The predicted molar refractivity (Wildman–Crippen MR) is 66.1 cm³/mol. The first-order chi connectivity index (χ1) is 8.43. The van der Waals surface area contributed by atoms with E-state index < -0.39 is 0 Å². The van der Waals surface area contributed by atoms with Crippen LogP contribution in [0.1, 0.15) is 0 Å². The smallest absolute Gasteiger partial charge is 0.0962 e. The molecule has 3 aromatic rings. The SMILES string of the molecule is c1ccc(N=Nn2ncc3ccccc32)cc1. The molecule has 0 spiro atoms. The third-order valence-electron chi connectivity index (χ3n) is 2.46. The van der Waals surface area contributed by atoms with Gasteiger partial charge in [0.05, 0.1) is 17.4 Å². The van der Waals surface area contributed by atoms with Crippen molar-refractivity contribution < 1.29 is 0 Å². The Morgan fingerprint density at radius 3 is 2.53 bits per heavy atom. The summed E-state index contributed by atoms with van der Waals surface area (Å²) in [5.74, 6) is 0. The van der Waals surface area contributed by atoms with Crippen molar-refractivity contribution >= 4 is 16.6 Å². The zero-order chi connectivity index (χ0) is 11.5. The van der Waals surface area contributed by atoms with Gasteiger partial charge in [-0.1, -0.05) is 36.4 Å². The molecule has 0 bridgehead atoms. The largest absolute Gasteiger partial charge is 0.156 e. The Kier molecular flexibility index (Phi) is 2.38. The Morgan fingerprint density at radius 1 is 0.882 bits per heavy atom. The average molecular weight is 222 g/mol. The summed E-state index contributed by atoms with van der Waals surface area (Å²) in [6.45, 7) is 0. The summed E-state index contributed by atoms with van der Waals surface area (Å²) < 4.78 is 0. The molecule has 2 aromatic carbocycles. The van der Waals surface area contributed by atoms with Gasteiger partial charge in [-0.15, -0.1) is 9.91 Å². The molecule has 0 saturated heterocycles. The van der Waals surface area contributed by atoms with Gasteiger partial charge in [0.25, 0.3) is 0 Å². The summed E-state index contributed by atoms with van der Waals surface area (Å²) >= 11 is 0. The van der Waals surface area contributed by atoms with Crippen LogP contribution in [0.15, 0.2) is 71.1 Å². The first kappa shape index (κ1) is 9.72. The Balaban J connectivity index is 1.98. The highest BCUT2D eigenvalue weighted by atomic mass is 15.6. The predicted octanol–water partition coefficient (Wildman–Crippen LogP) is 3.58. The Morgan fingerprint density at radius 2 is 1.65 bits per heavy atom. The van der Waals surface area contributed by atoms with Crippen LogP contribution in [0.3, 0.4) is 0 Å². The zero-order valence-corrected chi connectivity index (χ0v) is 9.06. The van der Waals surface area contributed by atoms with Crippen LogP contribution < -0.4 is 0 Å². The van der Waals surface area contributed by atoms with Crippen molar-refractivity contribution in [3.8, 4) is 0 Å². The minimum absolute atomic E-state index is 0.812. The summed E-state index contributed by atoms with van der Waals surface area (Å²) in [6, 6.07) is 17.5. The van der Waals surface area contributed by atoms with E-state index in [4.69, 9.17) is 0 Å². The molecule has 17 heavy (non-hydrogen) atoms. The maximum absolute atomic E-state index is 4.17. The van der Waals surface area contributed by atoms with Crippen LogP contribution in [0, 0.1) is 0 Å². The lowest BCUT2D eigenvalue weighted by atomic mass is 10.3. The second-order valence-electron chi connectivity index (χ2n) is 3.62. The van der Waals surface area contributed by atoms with E-state index in [2.05, 4.69) is 15.4 Å². The lowest BCUT2D eigenvalue weighted by Crippen LogP contribution is -1.87. The van der Waals surface area contributed by atoms with E-state index in [-0.39, 0.29) is 0 Å². The molecule has 4 nitrogen and oxygen atoms in total. The number of fused-ring (bicyclic) bond motifs is 1. The van der Waals surface area contributed by atoms with Crippen molar-refractivity contribution in [2.45, 2.75) is 0 Å². The van der Waals surface area contributed by atoms with Gasteiger partial charge in [-0.3, -0.25) is 0 Å². The fourth-order valence-electron chi connectivity index (χ4n) is 1.62. The second kappa shape index (κ2) is 4.17. The van der Waals surface area contributed by atoms with E-state index in [1.165, 1.54) is 4.79 Å². The number of rotatable bonds is 2. The van der Waals surface area contributed by atoms with Crippen LogP contribution in [0.2, 0.25) is 0 Å². The van der Waals surface area contributed by atoms with Crippen molar-refractivity contribution in [3.05, 3.63) is 60.8 Å². The molecule has 4 heteroatoms. The molecule has 1 aromatic heterocycles. The molecule has 0 aliphatic heterocycles. The fourth-order valence-corrected chi connectivity index (χ4v) is 1.62. The zero-order valence-electron chi connectivity index (χ0n) is 9.06. The molecular formula is C13H10N4. The summed E-state index contributed by atoms with van der Waals surface area (Å²) in [4.78, 5) is 1.53. The first-order valence-corrected chi connectivity index (χ1v) is 5.33. The summed E-state index contributed by atoms with van der Waals surface area (Å²) in [5.41, 5.74) is 1.76. The third-order valence-corrected chi connectivity index (χ3v) is 2.46. The van der Waals surface area contributed by atoms with Gasteiger partial charge in [-0.2, -0.15) is 5.10 Å². The van der Waals surface area contributed by atoms with Crippen LogP contribution >= 0.6 is 0 Å². The van der Waals surface area contributed by atoms with Crippen LogP contribution in [-0.2, 0) is 0 Å². The number of para-hydroxylation sites is 1. The van der Waals surface area contributed by atoms with E-state index in [0.29, 0.717) is 0 Å². The number of benzene rings is 2. The molecule has 82 valence electrons. The highest BCUT2D eigenvalue weighted by molar-refractivity contribution is 5.78. The van der Waals surface area contributed by atoms with Crippen LogP contribution in [-0.4, -0.2) is 9.89 Å². The minimum atomic E-state index is 0.812. The van der Waals surface area contributed by atoms with Crippen molar-refractivity contribution in [2.24, 2.45) is 10.3 Å². The number of hydrogen-bond donors (Lipinski definition) is 0. The Hall–Kier alpha value is -2.49. The quantitative estimate of drug-likeness (QED) is 0.611. The highest BCUT2D eigenvalue weighted by Gasteiger charge is 1.99. The molecule has 0 N–H and O–H groups in total. The second-order valence-corrected chi connectivity index (χ2v) is 3.62. The van der Waals surface area contributed by atoms with E-state index in [0.717, 1.165) is 16.6 Å². The average Bonchev–Trinajstić information content (AvgIpc) is 2.81. The van der Waals surface area contributed by atoms with Gasteiger partial charge in [-0.25, -0.2) is 0 Å². The van der Waals surface area contributed by atoms with E-state index in [9.17, 15) is 0 Å². The summed E-state index contributed by atoms with van der Waals surface area (Å²) in [6.07, 6.45) is 1.78. The van der Waals surface area contributed by atoms with E-state index >= 15 is 0 Å². The molecule has 0 aliphatic rings. The molecular weight excluding hydrogens is 212 g/mol. The molecule has 3 rings (SSSR count). The maximum Gasteiger partial charge on any atom is 0.0962 e. The van der Waals surface area contributed by atoms with Crippen LogP contribution in [0.25, 0.3) is 10.9 Å². The van der Waals surface area contributed by atoms with Crippen LogP contribution in [0.4, 0.5) is 5.69 Å². The normalized spacial score (nSPS) is 11.3. The number of aromatic nitrogens is 2. The fraction of sp³-hybridized carbons (Fsp3) is 0. The molecule has 0 aliphatic carbocycles. The lowest BCUT2D eigenvalue weighted by Gasteiger charge is -1.93. The standard InChI is InChI=1S/C13H10N4/c1-2-7-12(8-3-1)15-16-17-13-9-5-4-6-11(13)10-14-17/h1-10H. The van der Waals surface area contributed by atoms with Gasteiger partial charge in [0, 0.05) is 5.39 Å². The monoisotopic (exact) mass is 222 g/mol. The topological polar surface area (TPSA) is 42.5 Å². The van der Waals surface area contributed by atoms with Gasteiger partial charge in [0.2, 0.25) is 0 Å². The van der Waals surface area contributed by atoms with Crippen molar-refractivity contribution in [3.63, 3.8) is 0 Å². The molecule has 0 saturated carbocycles. The van der Waals surface area contributed by atoms with Gasteiger partial charge in [0.15, 0.2) is 0 Å². The molecule has 0 radical (unpaired) electrons. The maximum atomic E-state index is 4.17. The third kappa shape index (κ3) is 1.92. The molecule has 0 unspecified atom stereocenters. The first-order valence-electron chi connectivity index (χ1n) is 5.33. The van der Waals surface area contributed by atoms with E-state index in [1.807, 2.05) is 54.6 Å². The Bertz CT molecular complexity index is 655. The molecule has 1 heterocycles. The van der Waals surface area contributed by atoms with Crippen molar-refractivity contribution in [1.29, 1.82) is 0 Å². The minimum Gasteiger partial charge on any atom is -0.156 e. The van der Waals surface area contributed by atoms with Crippen molar-refractivity contribution in [1.82, 2.24) is 9.89 Å².